The number of phenols is 1. The van der Waals surface area contributed by atoms with Gasteiger partial charge in [-0.05, 0) is 43.0 Å². The van der Waals surface area contributed by atoms with Crippen LogP contribution in [0, 0.1) is 17.8 Å². The number of benzene rings is 1. The monoisotopic (exact) mass is 402 g/mol. The van der Waals surface area contributed by atoms with Crippen molar-refractivity contribution in [3.05, 3.63) is 29.8 Å². The molecule has 29 heavy (non-hydrogen) atoms. The van der Waals surface area contributed by atoms with Crippen LogP contribution in [0.1, 0.15) is 25.8 Å². The average molecular weight is 403 g/mol. The van der Waals surface area contributed by atoms with Crippen LogP contribution in [0.25, 0.3) is 0 Å². The fourth-order valence-electron chi connectivity index (χ4n) is 4.46. The van der Waals surface area contributed by atoms with Crippen molar-refractivity contribution in [3.63, 3.8) is 0 Å². The van der Waals surface area contributed by atoms with Gasteiger partial charge < -0.3 is 20.2 Å². The topological polar surface area (TPSA) is 59.1 Å². The highest BCUT2D eigenvalue weighted by Gasteiger charge is 2.33. The fraction of sp³-hybridized carbons (Fsp3) is 0.696. The van der Waals surface area contributed by atoms with Crippen LogP contribution in [0.4, 0.5) is 0 Å². The zero-order valence-electron chi connectivity index (χ0n) is 18.3. The number of phenolic OH excluding ortho intramolecular Hbond substituents is 1. The number of piperazine rings is 1. The first-order valence-electron chi connectivity index (χ1n) is 11.1. The number of carbonyl (C=O) groups excluding carboxylic acids is 1. The standard InChI is InChI=1S/C23H38N4O2/c1-18(2)13-24-23(29)21-12-20(15-26-10-8-25(3)9-11-26)16-27(17-21)14-19-4-6-22(28)7-5-19/h4-7,18,20-21,28H,8-17H2,1-3H3,(H,24,29)/t20-,21-/m1/s1. The van der Waals surface area contributed by atoms with Crippen LogP contribution < -0.4 is 5.32 Å². The van der Waals surface area contributed by atoms with Gasteiger partial charge >= 0.3 is 0 Å². The highest BCUT2D eigenvalue weighted by atomic mass is 16.3. The van der Waals surface area contributed by atoms with Crippen LogP contribution in [0.3, 0.4) is 0 Å². The Bertz CT molecular complexity index is 641. The van der Waals surface area contributed by atoms with E-state index in [2.05, 4.69) is 40.9 Å². The predicted octanol–water partition coefficient (Wildman–Crippen LogP) is 1.85. The van der Waals surface area contributed by atoms with Crippen molar-refractivity contribution < 1.29 is 9.90 Å². The molecule has 0 aromatic heterocycles. The van der Waals surface area contributed by atoms with Gasteiger partial charge in [-0.3, -0.25) is 9.69 Å². The smallest absolute Gasteiger partial charge is 0.224 e. The molecule has 6 heteroatoms. The molecular weight excluding hydrogens is 364 g/mol. The van der Waals surface area contributed by atoms with Crippen molar-refractivity contribution >= 4 is 5.91 Å². The number of aromatic hydroxyl groups is 1. The molecule has 0 unspecified atom stereocenters. The Morgan fingerprint density at radius 3 is 2.45 bits per heavy atom. The zero-order chi connectivity index (χ0) is 20.8. The van der Waals surface area contributed by atoms with Crippen LogP contribution in [0.5, 0.6) is 5.75 Å². The highest BCUT2D eigenvalue weighted by Crippen LogP contribution is 2.25. The van der Waals surface area contributed by atoms with Crippen molar-refractivity contribution in [1.82, 2.24) is 20.0 Å². The third-order valence-corrected chi connectivity index (χ3v) is 6.12. The van der Waals surface area contributed by atoms with E-state index in [1.165, 1.54) is 5.56 Å². The van der Waals surface area contributed by atoms with Gasteiger partial charge in [-0.15, -0.1) is 0 Å². The second-order valence-corrected chi connectivity index (χ2v) is 9.40. The van der Waals surface area contributed by atoms with Crippen LogP contribution in [-0.4, -0.2) is 85.1 Å². The summed E-state index contributed by atoms with van der Waals surface area (Å²) in [4.78, 5) is 20.2. The summed E-state index contributed by atoms with van der Waals surface area (Å²) in [6.07, 6.45) is 0.975. The Morgan fingerprint density at radius 2 is 1.79 bits per heavy atom. The van der Waals surface area contributed by atoms with Crippen molar-refractivity contribution in [1.29, 1.82) is 0 Å². The molecule has 2 saturated heterocycles. The van der Waals surface area contributed by atoms with E-state index in [0.29, 0.717) is 17.6 Å². The molecule has 1 aromatic carbocycles. The number of likely N-dealkylation sites (tertiary alicyclic amines) is 1. The van der Waals surface area contributed by atoms with Gasteiger partial charge in [-0.2, -0.15) is 0 Å². The Kier molecular flexibility index (Phi) is 7.92. The molecule has 1 aromatic rings. The lowest BCUT2D eigenvalue weighted by Crippen LogP contribution is -2.51. The summed E-state index contributed by atoms with van der Waals surface area (Å²) in [6, 6.07) is 7.45. The van der Waals surface area contributed by atoms with Crippen molar-refractivity contribution in [2.24, 2.45) is 17.8 Å². The van der Waals surface area contributed by atoms with E-state index in [9.17, 15) is 9.90 Å². The summed E-state index contributed by atoms with van der Waals surface area (Å²) in [5.41, 5.74) is 1.18. The molecule has 0 aliphatic carbocycles. The van der Waals surface area contributed by atoms with E-state index >= 15 is 0 Å². The summed E-state index contributed by atoms with van der Waals surface area (Å²) in [7, 11) is 2.19. The molecule has 2 aliphatic heterocycles. The maximum atomic E-state index is 12.8. The van der Waals surface area contributed by atoms with Gasteiger partial charge in [0.25, 0.3) is 0 Å². The highest BCUT2D eigenvalue weighted by molar-refractivity contribution is 5.79. The molecule has 0 spiro atoms. The van der Waals surface area contributed by atoms with E-state index in [1.54, 1.807) is 12.1 Å². The Hall–Kier alpha value is -1.63. The molecule has 162 valence electrons. The molecule has 0 bridgehead atoms. The lowest BCUT2D eigenvalue weighted by Gasteiger charge is -2.41. The number of likely N-dealkylation sites (N-methyl/N-ethyl adjacent to an activating group) is 1. The predicted molar refractivity (Wildman–Crippen MR) is 117 cm³/mol. The van der Waals surface area contributed by atoms with Gasteiger partial charge in [0.15, 0.2) is 0 Å². The SMILES string of the molecule is CC(C)CNC(=O)[C@@H]1C[C@H](CN2CCN(C)CC2)CN(Cc2ccc(O)cc2)C1. The van der Waals surface area contributed by atoms with Crippen molar-refractivity contribution in [2.75, 3.05) is 59.4 Å². The quantitative estimate of drug-likeness (QED) is 0.729. The first kappa shape index (κ1) is 22.1. The van der Waals surface area contributed by atoms with Crippen LogP contribution in [0.15, 0.2) is 24.3 Å². The summed E-state index contributed by atoms with van der Waals surface area (Å²) in [6.45, 7) is 13.3. The molecule has 2 aliphatic rings. The largest absolute Gasteiger partial charge is 0.508 e. The summed E-state index contributed by atoms with van der Waals surface area (Å²) in [5.74, 6) is 1.54. The molecule has 3 rings (SSSR count). The minimum atomic E-state index is 0.0529. The number of nitrogens with one attached hydrogen (secondary N) is 1. The minimum Gasteiger partial charge on any atom is -0.508 e. The summed E-state index contributed by atoms with van der Waals surface area (Å²) >= 11 is 0. The first-order valence-corrected chi connectivity index (χ1v) is 11.1. The number of piperidine rings is 1. The van der Waals surface area contributed by atoms with Gasteiger partial charge in [-0.1, -0.05) is 26.0 Å². The molecule has 2 fully saturated rings. The van der Waals surface area contributed by atoms with Crippen LogP contribution in [0.2, 0.25) is 0 Å². The second kappa shape index (κ2) is 10.4. The number of amides is 1. The summed E-state index contributed by atoms with van der Waals surface area (Å²) in [5, 5.41) is 12.7. The van der Waals surface area contributed by atoms with Gasteiger partial charge in [0, 0.05) is 58.9 Å². The Labute approximate surface area is 175 Å². The lowest BCUT2D eigenvalue weighted by molar-refractivity contribution is -0.128. The number of carbonyl (C=O) groups is 1. The minimum absolute atomic E-state index is 0.0529. The van der Waals surface area contributed by atoms with Gasteiger partial charge in [0.1, 0.15) is 5.75 Å². The number of hydrogen-bond acceptors (Lipinski definition) is 5. The maximum absolute atomic E-state index is 12.8. The third-order valence-electron chi connectivity index (χ3n) is 6.12. The van der Waals surface area contributed by atoms with Crippen LogP contribution >= 0.6 is 0 Å². The number of rotatable bonds is 7. The molecule has 2 atom stereocenters. The second-order valence-electron chi connectivity index (χ2n) is 9.40. The lowest BCUT2D eigenvalue weighted by atomic mass is 9.87. The van der Waals surface area contributed by atoms with Gasteiger partial charge in [-0.25, -0.2) is 0 Å². The zero-order valence-corrected chi connectivity index (χ0v) is 18.3. The number of nitrogens with zero attached hydrogens (tertiary/aromatic N) is 3. The average Bonchev–Trinajstić information content (AvgIpc) is 2.69. The fourth-order valence-corrected chi connectivity index (χ4v) is 4.46. The molecule has 1 amide bonds. The molecule has 0 radical (unpaired) electrons. The Morgan fingerprint density at radius 1 is 1.10 bits per heavy atom. The molecular formula is C23H38N4O2. The summed E-state index contributed by atoms with van der Waals surface area (Å²) < 4.78 is 0. The van der Waals surface area contributed by atoms with Gasteiger partial charge in [0.2, 0.25) is 5.91 Å². The molecule has 6 nitrogen and oxygen atoms in total. The van der Waals surface area contributed by atoms with E-state index in [4.69, 9.17) is 0 Å². The normalized spacial score (nSPS) is 24.7. The first-order chi connectivity index (χ1) is 13.9. The number of hydrogen-bond donors (Lipinski definition) is 2. The third kappa shape index (κ3) is 6.98. The Balaban J connectivity index is 1.63. The van der Waals surface area contributed by atoms with Crippen molar-refractivity contribution in [3.8, 4) is 5.75 Å². The maximum Gasteiger partial charge on any atom is 0.224 e. The van der Waals surface area contributed by atoms with E-state index < -0.39 is 0 Å². The van der Waals surface area contributed by atoms with E-state index in [0.717, 1.165) is 65.3 Å². The molecule has 0 saturated carbocycles. The van der Waals surface area contributed by atoms with Crippen molar-refractivity contribution in [2.45, 2.75) is 26.8 Å². The van der Waals surface area contributed by atoms with Gasteiger partial charge in [0.05, 0.1) is 5.92 Å². The van der Waals surface area contributed by atoms with E-state index in [1.807, 2.05) is 12.1 Å². The molecule has 2 heterocycles. The van der Waals surface area contributed by atoms with E-state index in [-0.39, 0.29) is 11.8 Å². The molecule has 2 N–H and O–H groups in total. The van der Waals surface area contributed by atoms with Crippen LogP contribution in [-0.2, 0) is 11.3 Å².